The first-order valence-electron chi connectivity index (χ1n) is 11.6. The highest BCUT2D eigenvalue weighted by atomic mass is 35.5. The molecule has 0 bridgehead atoms. The number of nitrogens with one attached hydrogen (secondary N) is 1. The highest BCUT2D eigenvalue weighted by molar-refractivity contribution is 6.34. The molecule has 4 heterocycles. The van der Waals surface area contributed by atoms with Crippen LogP contribution < -0.4 is 15.0 Å². The lowest BCUT2D eigenvalue weighted by molar-refractivity contribution is -0.139. The Morgan fingerprint density at radius 1 is 1.19 bits per heavy atom. The number of morpholine rings is 1. The van der Waals surface area contributed by atoms with Gasteiger partial charge in [-0.2, -0.15) is 0 Å². The fourth-order valence-corrected chi connectivity index (χ4v) is 5.97. The molecule has 1 aromatic carbocycles. The number of ether oxygens (including phenoxy) is 2. The van der Waals surface area contributed by atoms with Crippen LogP contribution in [0.25, 0.3) is 0 Å². The molecule has 0 unspecified atom stereocenters. The second kappa shape index (κ2) is 7.70. The summed E-state index contributed by atoms with van der Waals surface area (Å²) in [5, 5.41) is 3.61. The van der Waals surface area contributed by atoms with Crippen molar-refractivity contribution in [2.75, 3.05) is 50.8 Å². The van der Waals surface area contributed by atoms with Crippen molar-refractivity contribution in [1.29, 1.82) is 0 Å². The van der Waals surface area contributed by atoms with Crippen molar-refractivity contribution in [2.45, 2.75) is 43.9 Å². The number of carbonyl (C=O) groups is 2. The molecule has 2 atom stereocenters. The maximum absolute atomic E-state index is 12.9. The van der Waals surface area contributed by atoms with Crippen molar-refractivity contribution in [3.63, 3.8) is 0 Å². The van der Waals surface area contributed by atoms with E-state index in [2.05, 4.69) is 16.3 Å². The lowest BCUT2D eigenvalue weighted by Gasteiger charge is -2.57. The van der Waals surface area contributed by atoms with E-state index in [1.807, 2.05) is 12.1 Å². The molecule has 1 spiro atoms. The first-order valence-corrected chi connectivity index (χ1v) is 12.0. The molecule has 1 N–H and O–H groups in total. The molecule has 1 aromatic rings. The van der Waals surface area contributed by atoms with Gasteiger partial charge in [0.15, 0.2) is 0 Å². The third-order valence-electron chi connectivity index (χ3n) is 7.76. The number of rotatable bonds is 3. The molecule has 172 valence electrons. The number of hydrogen-bond donors (Lipinski definition) is 1. The Balaban J connectivity index is 1.02. The summed E-state index contributed by atoms with van der Waals surface area (Å²) in [4.78, 5) is 30.4. The first kappa shape index (κ1) is 20.4. The molecular weight excluding hydrogens is 432 g/mol. The number of amides is 3. The summed E-state index contributed by atoms with van der Waals surface area (Å²) < 4.78 is 11.7. The molecule has 8 nitrogen and oxygen atoms in total. The van der Waals surface area contributed by atoms with Gasteiger partial charge in [-0.25, -0.2) is 4.79 Å². The number of carbonyl (C=O) groups excluding carboxylic acids is 2. The van der Waals surface area contributed by atoms with Gasteiger partial charge in [-0.1, -0.05) is 24.1 Å². The topological polar surface area (TPSA) is 74.3 Å². The van der Waals surface area contributed by atoms with Crippen LogP contribution in [0.2, 0.25) is 5.02 Å². The Hall–Kier alpha value is -2.19. The fourth-order valence-electron chi connectivity index (χ4n) is 5.68. The van der Waals surface area contributed by atoms with E-state index in [4.69, 9.17) is 21.1 Å². The molecule has 6 rings (SSSR count). The van der Waals surface area contributed by atoms with Crippen LogP contribution in [-0.2, 0) is 9.53 Å². The zero-order chi connectivity index (χ0) is 21.9. The van der Waals surface area contributed by atoms with Crippen LogP contribution in [0.15, 0.2) is 18.2 Å². The number of nitrogens with zero attached hydrogens (tertiary/aromatic N) is 3. The Bertz CT molecular complexity index is 925. The normalized spacial score (nSPS) is 28.9. The molecule has 1 aliphatic carbocycles. The quantitative estimate of drug-likeness (QED) is 0.747. The number of likely N-dealkylation sites (tertiary alicyclic amines) is 2. The first-order chi connectivity index (χ1) is 15.5. The molecule has 5 fully saturated rings. The van der Waals surface area contributed by atoms with Crippen LogP contribution in [-0.4, -0.2) is 85.9 Å². The molecule has 32 heavy (non-hydrogen) atoms. The van der Waals surface area contributed by atoms with Crippen LogP contribution in [0.5, 0.6) is 5.75 Å². The SMILES string of the molecule is O=C1CO[C@H]2CCN(C(=O)N3CC(Oc4cccc(N5CC6(CCC6)C5)c4Cl)C3)C[C@H]2N1. The van der Waals surface area contributed by atoms with E-state index in [0.717, 1.165) is 25.2 Å². The van der Waals surface area contributed by atoms with E-state index >= 15 is 0 Å². The standard InChI is InChI=1S/C23H29ClN4O4/c24-21-17(28-13-23(14-28)6-2-7-23)3-1-4-19(21)32-15-9-27(10-15)22(30)26-8-5-18-16(11-26)25-20(29)12-31-18/h1,3-4,15-16,18H,2,5-14H2,(H,25,29)/t16-,18+/m1/s1. The second-order valence-corrected chi connectivity index (χ2v) is 10.4. The predicted octanol–water partition coefficient (Wildman–Crippen LogP) is 2.10. The van der Waals surface area contributed by atoms with E-state index < -0.39 is 0 Å². The average Bonchev–Trinajstić information content (AvgIpc) is 2.69. The minimum Gasteiger partial charge on any atom is -0.485 e. The molecule has 4 saturated heterocycles. The minimum absolute atomic E-state index is 0.00391. The molecule has 0 radical (unpaired) electrons. The number of fused-ring (bicyclic) bond motifs is 1. The molecular formula is C23H29ClN4O4. The summed E-state index contributed by atoms with van der Waals surface area (Å²) in [6, 6.07) is 5.84. The van der Waals surface area contributed by atoms with Gasteiger partial charge in [-0.15, -0.1) is 0 Å². The van der Waals surface area contributed by atoms with Crippen LogP contribution in [0, 0.1) is 5.41 Å². The highest BCUT2D eigenvalue weighted by Crippen LogP contribution is 2.51. The second-order valence-electron chi connectivity index (χ2n) is 9.98. The van der Waals surface area contributed by atoms with Gasteiger partial charge in [-0.05, 0) is 31.4 Å². The fraction of sp³-hybridized carbons (Fsp3) is 0.652. The van der Waals surface area contributed by atoms with Crippen LogP contribution in [0.3, 0.4) is 0 Å². The monoisotopic (exact) mass is 460 g/mol. The maximum Gasteiger partial charge on any atom is 0.320 e. The van der Waals surface area contributed by atoms with Gasteiger partial charge in [0.2, 0.25) is 5.91 Å². The summed E-state index contributed by atoms with van der Waals surface area (Å²) in [6.45, 7) is 4.50. The Morgan fingerprint density at radius 2 is 2.00 bits per heavy atom. The largest absolute Gasteiger partial charge is 0.485 e. The number of halogens is 1. The lowest BCUT2D eigenvalue weighted by Crippen LogP contribution is -2.65. The smallest absolute Gasteiger partial charge is 0.320 e. The molecule has 5 aliphatic rings. The summed E-state index contributed by atoms with van der Waals surface area (Å²) in [5.41, 5.74) is 1.59. The van der Waals surface area contributed by atoms with Gasteiger partial charge in [0.25, 0.3) is 0 Å². The molecule has 3 amide bonds. The van der Waals surface area contributed by atoms with E-state index in [0.29, 0.717) is 42.4 Å². The zero-order valence-corrected chi connectivity index (χ0v) is 18.9. The molecule has 4 aliphatic heterocycles. The van der Waals surface area contributed by atoms with Gasteiger partial charge in [-0.3, -0.25) is 4.79 Å². The van der Waals surface area contributed by atoms with E-state index in [1.165, 1.54) is 19.3 Å². The van der Waals surface area contributed by atoms with Crippen molar-refractivity contribution in [1.82, 2.24) is 15.1 Å². The summed E-state index contributed by atoms with van der Waals surface area (Å²) in [6.07, 6.45) is 4.70. The minimum atomic E-state index is -0.121. The molecule has 9 heteroatoms. The molecule has 0 aromatic heterocycles. The van der Waals surface area contributed by atoms with Crippen molar-refractivity contribution in [3.8, 4) is 5.75 Å². The van der Waals surface area contributed by atoms with Gasteiger partial charge in [0.05, 0.1) is 30.9 Å². The Kier molecular flexibility index (Phi) is 4.91. The van der Waals surface area contributed by atoms with Gasteiger partial charge >= 0.3 is 6.03 Å². The number of benzene rings is 1. The third-order valence-corrected chi connectivity index (χ3v) is 8.14. The van der Waals surface area contributed by atoms with Gasteiger partial charge in [0, 0.05) is 31.6 Å². The van der Waals surface area contributed by atoms with Crippen LogP contribution in [0.4, 0.5) is 10.5 Å². The zero-order valence-electron chi connectivity index (χ0n) is 18.1. The number of piperidine rings is 1. The Morgan fingerprint density at radius 3 is 2.75 bits per heavy atom. The van der Waals surface area contributed by atoms with Gasteiger partial charge in [0.1, 0.15) is 23.5 Å². The number of anilines is 1. The van der Waals surface area contributed by atoms with Crippen molar-refractivity contribution in [2.24, 2.45) is 5.41 Å². The lowest BCUT2D eigenvalue weighted by atomic mass is 9.63. The van der Waals surface area contributed by atoms with Crippen LogP contribution in [0.1, 0.15) is 25.7 Å². The third kappa shape index (κ3) is 3.48. The van der Waals surface area contributed by atoms with Gasteiger partial charge < -0.3 is 29.5 Å². The molecule has 1 saturated carbocycles. The number of urea groups is 1. The Labute approximate surface area is 192 Å². The maximum atomic E-state index is 12.9. The summed E-state index contributed by atoms with van der Waals surface area (Å²) in [7, 11) is 0. The number of hydrogen-bond acceptors (Lipinski definition) is 5. The van der Waals surface area contributed by atoms with E-state index in [1.54, 1.807) is 9.80 Å². The van der Waals surface area contributed by atoms with Crippen LogP contribution >= 0.6 is 11.6 Å². The van der Waals surface area contributed by atoms with Crippen molar-refractivity contribution < 1.29 is 19.1 Å². The van der Waals surface area contributed by atoms with Crippen molar-refractivity contribution in [3.05, 3.63) is 23.2 Å². The summed E-state index contributed by atoms with van der Waals surface area (Å²) >= 11 is 6.69. The highest BCUT2D eigenvalue weighted by Gasteiger charge is 2.48. The van der Waals surface area contributed by atoms with E-state index in [-0.39, 0.29) is 36.8 Å². The predicted molar refractivity (Wildman–Crippen MR) is 119 cm³/mol. The van der Waals surface area contributed by atoms with Crippen molar-refractivity contribution >= 4 is 29.2 Å². The van der Waals surface area contributed by atoms with E-state index in [9.17, 15) is 9.59 Å². The average molecular weight is 461 g/mol. The summed E-state index contributed by atoms with van der Waals surface area (Å²) in [5.74, 6) is 0.580.